The number of hydrogen-bond acceptors (Lipinski definition) is 4. The van der Waals surface area contributed by atoms with E-state index in [0.717, 1.165) is 12.8 Å². The summed E-state index contributed by atoms with van der Waals surface area (Å²) in [6.45, 7) is 0. The minimum Gasteiger partial charge on any atom is -0.373 e. The monoisotopic (exact) mass is 307 g/mol. The average molecular weight is 308 g/mol. The first-order valence-corrected chi connectivity index (χ1v) is 7.59. The van der Waals surface area contributed by atoms with Crippen molar-refractivity contribution >= 4 is 29.0 Å². The van der Waals surface area contributed by atoms with Crippen LogP contribution in [0.3, 0.4) is 0 Å². The predicted octanol–water partition coefficient (Wildman–Crippen LogP) is 2.49. The Morgan fingerprint density at radius 1 is 1.38 bits per heavy atom. The fourth-order valence-corrected chi connectivity index (χ4v) is 2.96. The number of carbonyl (C=O) groups excluding carboxylic acids is 1. The van der Waals surface area contributed by atoms with Crippen LogP contribution in [0.2, 0.25) is 5.15 Å². The molecular weight excluding hydrogens is 290 g/mol. The van der Waals surface area contributed by atoms with Gasteiger partial charge in [-0.1, -0.05) is 30.9 Å². The Morgan fingerprint density at radius 3 is 2.86 bits per heavy atom. The highest BCUT2D eigenvalue weighted by Gasteiger charge is 2.20. The first-order valence-electron chi connectivity index (χ1n) is 7.22. The molecule has 2 heterocycles. The molecule has 1 fully saturated rings. The van der Waals surface area contributed by atoms with E-state index in [1.807, 2.05) is 0 Å². The summed E-state index contributed by atoms with van der Waals surface area (Å²) in [6, 6.07) is 1.92. The molecule has 21 heavy (non-hydrogen) atoms. The van der Waals surface area contributed by atoms with Gasteiger partial charge in [-0.05, 0) is 12.8 Å². The number of aromatic nitrogens is 3. The van der Waals surface area contributed by atoms with Gasteiger partial charge in [0.25, 0.3) is 5.91 Å². The van der Waals surface area contributed by atoms with Gasteiger partial charge in [0.05, 0.1) is 6.20 Å². The quantitative estimate of drug-likeness (QED) is 0.855. The first kappa shape index (κ1) is 14.1. The van der Waals surface area contributed by atoms with Gasteiger partial charge in [-0.3, -0.25) is 4.79 Å². The molecule has 2 aromatic rings. The van der Waals surface area contributed by atoms with E-state index in [0.29, 0.717) is 22.2 Å². The molecule has 0 spiro atoms. The standard InChI is InChI=1S/C14H18ClN5O/c1-16-12-7-11(15)19-13-10(8-17-20(12)13)14(21)18-9-5-3-2-4-6-9/h7-9,16H,2-6H2,1H3,(H,18,21). The number of nitrogens with one attached hydrogen (secondary N) is 2. The van der Waals surface area contributed by atoms with Gasteiger partial charge in [-0.2, -0.15) is 9.61 Å². The third kappa shape index (κ3) is 2.81. The highest BCUT2D eigenvalue weighted by molar-refractivity contribution is 6.29. The van der Waals surface area contributed by atoms with Crippen LogP contribution in [0.4, 0.5) is 5.82 Å². The lowest BCUT2D eigenvalue weighted by Crippen LogP contribution is -2.36. The highest BCUT2D eigenvalue weighted by Crippen LogP contribution is 2.20. The molecule has 0 bridgehead atoms. The number of rotatable bonds is 3. The molecule has 2 N–H and O–H groups in total. The van der Waals surface area contributed by atoms with Crippen molar-refractivity contribution in [3.8, 4) is 0 Å². The Kier molecular flexibility index (Phi) is 3.96. The summed E-state index contributed by atoms with van der Waals surface area (Å²) in [5.41, 5.74) is 0.930. The van der Waals surface area contributed by atoms with Crippen LogP contribution in [-0.4, -0.2) is 33.6 Å². The molecule has 7 heteroatoms. The van der Waals surface area contributed by atoms with Crippen molar-refractivity contribution in [2.24, 2.45) is 0 Å². The summed E-state index contributed by atoms with van der Waals surface area (Å²) in [4.78, 5) is 16.7. The lowest BCUT2D eigenvalue weighted by Gasteiger charge is -2.22. The molecule has 0 radical (unpaired) electrons. The van der Waals surface area contributed by atoms with Gasteiger partial charge in [0, 0.05) is 19.2 Å². The SMILES string of the molecule is CNc1cc(Cl)nc2c(C(=O)NC3CCCCC3)cnn12. The van der Waals surface area contributed by atoms with Gasteiger partial charge in [0.15, 0.2) is 5.65 Å². The summed E-state index contributed by atoms with van der Waals surface area (Å²) in [6.07, 6.45) is 7.23. The van der Waals surface area contributed by atoms with Crippen molar-refractivity contribution in [1.29, 1.82) is 0 Å². The number of hydrogen-bond donors (Lipinski definition) is 2. The smallest absolute Gasteiger partial charge is 0.256 e. The molecule has 0 aliphatic heterocycles. The minimum atomic E-state index is -0.131. The van der Waals surface area contributed by atoms with Gasteiger partial charge in [0.2, 0.25) is 0 Å². The van der Waals surface area contributed by atoms with Crippen LogP contribution < -0.4 is 10.6 Å². The van der Waals surface area contributed by atoms with Gasteiger partial charge in [-0.15, -0.1) is 0 Å². The van der Waals surface area contributed by atoms with Gasteiger partial charge >= 0.3 is 0 Å². The highest BCUT2D eigenvalue weighted by atomic mass is 35.5. The molecule has 0 aromatic carbocycles. The fourth-order valence-electron chi connectivity index (χ4n) is 2.78. The molecule has 0 saturated heterocycles. The number of amides is 1. The molecule has 1 amide bonds. The molecule has 3 rings (SSSR count). The van der Waals surface area contributed by atoms with E-state index in [2.05, 4.69) is 20.7 Å². The Hall–Kier alpha value is -1.82. The van der Waals surface area contributed by atoms with Crippen LogP contribution in [0.1, 0.15) is 42.5 Å². The summed E-state index contributed by atoms with van der Waals surface area (Å²) >= 11 is 6.00. The van der Waals surface area contributed by atoms with E-state index < -0.39 is 0 Å². The third-order valence-corrected chi connectivity index (χ3v) is 4.08. The molecule has 0 unspecified atom stereocenters. The van der Waals surface area contributed by atoms with E-state index in [1.165, 1.54) is 25.5 Å². The predicted molar refractivity (Wildman–Crippen MR) is 81.9 cm³/mol. The average Bonchev–Trinajstić information content (AvgIpc) is 2.91. The van der Waals surface area contributed by atoms with E-state index in [4.69, 9.17) is 11.6 Å². The van der Waals surface area contributed by atoms with Crippen LogP contribution in [0, 0.1) is 0 Å². The molecule has 112 valence electrons. The Morgan fingerprint density at radius 2 is 2.14 bits per heavy atom. The van der Waals surface area contributed by atoms with Gasteiger partial charge in [0.1, 0.15) is 16.5 Å². The molecule has 1 saturated carbocycles. The van der Waals surface area contributed by atoms with Gasteiger partial charge in [-0.25, -0.2) is 4.98 Å². The van der Waals surface area contributed by atoms with Crippen molar-refractivity contribution in [2.75, 3.05) is 12.4 Å². The van der Waals surface area contributed by atoms with Gasteiger partial charge < -0.3 is 10.6 Å². The minimum absolute atomic E-state index is 0.131. The summed E-state index contributed by atoms with van der Waals surface area (Å²) in [5.74, 6) is 0.565. The van der Waals surface area contributed by atoms with Crippen LogP contribution in [0.15, 0.2) is 12.3 Å². The Labute approximate surface area is 127 Å². The van der Waals surface area contributed by atoms with Crippen molar-refractivity contribution in [3.05, 3.63) is 23.0 Å². The molecule has 2 aromatic heterocycles. The zero-order valence-corrected chi connectivity index (χ0v) is 12.7. The van der Waals surface area contributed by atoms with Crippen molar-refractivity contribution in [3.63, 3.8) is 0 Å². The maximum absolute atomic E-state index is 12.4. The van der Waals surface area contributed by atoms with E-state index in [1.54, 1.807) is 17.6 Å². The fraction of sp³-hybridized carbons (Fsp3) is 0.500. The second-order valence-electron chi connectivity index (χ2n) is 5.32. The number of fused-ring (bicyclic) bond motifs is 1. The molecule has 0 atom stereocenters. The first-order chi connectivity index (χ1) is 10.2. The number of halogens is 1. The lowest BCUT2D eigenvalue weighted by atomic mass is 9.95. The molecular formula is C14H18ClN5O. The second kappa shape index (κ2) is 5.89. The van der Waals surface area contributed by atoms with Crippen LogP contribution in [-0.2, 0) is 0 Å². The summed E-state index contributed by atoms with van der Waals surface area (Å²) < 4.78 is 1.58. The topological polar surface area (TPSA) is 71.3 Å². The normalized spacial score (nSPS) is 16.1. The maximum Gasteiger partial charge on any atom is 0.256 e. The molecule has 1 aliphatic carbocycles. The number of anilines is 1. The van der Waals surface area contributed by atoms with E-state index in [-0.39, 0.29) is 11.9 Å². The van der Waals surface area contributed by atoms with E-state index >= 15 is 0 Å². The molecule has 6 nitrogen and oxygen atoms in total. The van der Waals surface area contributed by atoms with E-state index in [9.17, 15) is 4.79 Å². The maximum atomic E-state index is 12.4. The Balaban J connectivity index is 1.89. The summed E-state index contributed by atoms with van der Waals surface area (Å²) in [5, 5.41) is 10.6. The number of nitrogens with zero attached hydrogens (tertiary/aromatic N) is 3. The zero-order valence-electron chi connectivity index (χ0n) is 11.9. The van der Waals surface area contributed by atoms with Crippen molar-refractivity contribution in [2.45, 2.75) is 38.1 Å². The zero-order chi connectivity index (χ0) is 14.8. The van der Waals surface area contributed by atoms with Crippen LogP contribution in [0.5, 0.6) is 0 Å². The third-order valence-electron chi connectivity index (χ3n) is 3.88. The second-order valence-corrected chi connectivity index (χ2v) is 5.70. The Bertz CT molecular complexity index is 663. The molecule has 1 aliphatic rings. The van der Waals surface area contributed by atoms with Crippen LogP contribution in [0.25, 0.3) is 5.65 Å². The number of carbonyl (C=O) groups is 1. The van der Waals surface area contributed by atoms with Crippen LogP contribution >= 0.6 is 11.6 Å². The van der Waals surface area contributed by atoms with Crippen molar-refractivity contribution in [1.82, 2.24) is 19.9 Å². The largest absolute Gasteiger partial charge is 0.373 e. The summed E-state index contributed by atoms with van der Waals surface area (Å²) in [7, 11) is 1.77. The van der Waals surface area contributed by atoms with Crippen molar-refractivity contribution < 1.29 is 4.79 Å². The lowest BCUT2D eigenvalue weighted by molar-refractivity contribution is 0.0929.